The first-order chi connectivity index (χ1) is 11.2. The monoisotopic (exact) mass is 338 g/mol. The molecule has 1 aliphatic rings. The number of halogens is 1. The second-order valence-electron chi connectivity index (χ2n) is 6.11. The Hall–Kier alpha value is -2.36. The Bertz CT molecular complexity index is 871. The van der Waals surface area contributed by atoms with Gasteiger partial charge in [0.05, 0.1) is 0 Å². The van der Waals surface area contributed by atoms with Crippen molar-refractivity contribution in [3.8, 4) is 0 Å². The van der Waals surface area contributed by atoms with Crippen molar-refractivity contribution in [2.75, 3.05) is 5.32 Å². The van der Waals surface area contributed by atoms with E-state index in [2.05, 4.69) is 17.4 Å². The van der Waals surface area contributed by atoms with E-state index >= 15 is 0 Å². The quantitative estimate of drug-likeness (QED) is 0.746. The summed E-state index contributed by atoms with van der Waals surface area (Å²) in [5.74, 6) is 0.399. The first-order valence-electron chi connectivity index (χ1n) is 7.87. The second kappa shape index (κ2) is 6.63. The molecule has 0 aliphatic heterocycles. The number of nitrogens with two attached hydrogens (primary N) is 1. The number of fused-ring (bicyclic) bond motifs is 1. The van der Waals surface area contributed by atoms with E-state index in [1.165, 1.54) is 5.56 Å². The number of amides is 1. The third-order valence-electron chi connectivity index (χ3n) is 4.47. The van der Waals surface area contributed by atoms with Crippen LogP contribution < -0.4 is 11.1 Å². The predicted molar refractivity (Wildman–Crippen MR) is 101 cm³/mol. The van der Waals surface area contributed by atoms with Gasteiger partial charge in [0.1, 0.15) is 0 Å². The summed E-state index contributed by atoms with van der Waals surface area (Å²) in [4.78, 5) is 12.6. The topological polar surface area (TPSA) is 55.1 Å². The zero-order chi connectivity index (χ0) is 15.8. The molecule has 1 fully saturated rings. The lowest BCUT2D eigenvalue weighted by Crippen LogP contribution is -2.12. The number of nitrogens with one attached hydrogen (secondary N) is 1. The average Bonchev–Trinajstić information content (AvgIpc) is 3.32. The molecular weight excluding hydrogens is 320 g/mol. The van der Waals surface area contributed by atoms with Crippen molar-refractivity contribution in [1.29, 1.82) is 0 Å². The Kier molecular flexibility index (Phi) is 4.56. The molecule has 0 heterocycles. The minimum Gasteiger partial charge on any atom is -0.327 e. The second-order valence-corrected chi connectivity index (χ2v) is 6.11. The van der Waals surface area contributed by atoms with Crippen LogP contribution in [0.15, 0.2) is 66.7 Å². The Morgan fingerprint density at radius 3 is 2.33 bits per heavy atom. The molecule has 0 aromatic heterocycles. The maximum Gasteiger partial charge on any atom is 0.256 e. The van der Waals surface area contributed by atoms with Gasteiger partial charge in [-0.25, -0.2) is 0 Å². The van der Waals surface area contributed by atoms with Gasteiger partial charge in [-0.15, -0.1) is 12.4 Å². The van der Waals surface area contributed by atoms with E-state index in [1.807, 2.05) is 54.6 Å². The third-order valence-corrected chi connectivity index (χ3v) is 4.47. The van der Waals surface area contributed by atoms with E-state index in [9.17, 15) is 4.79 Å². The molecule has 4 rings (SSSR count). The predicted octanol–water partition coefficient (Wildman–Crippen LogP) is 4.33. The van der Waals surface area contributed by atoms with E-state index in [1.54, 1.807) is 0 Å². The van der Waals surface area contributed by atoms with Crippen molar-refractivity contribution in [3.63, 3.8) is 0 Å². The van der Waals surface area contributed by atoms with Gasteiger partial charge in [-0.1, -0.05) is 48.5 Å². The Labute approximate surface area is 147 Å². The van der Waals surface area contributed by atoms with E-state index in [0.29, 0.717) is 17.5 Å². The number of hydrogen-bond donors (Lipinski definition) is 2. The number of hydrogen-bond acceptors (Lipinski definition) is 2. The minimum absolute atomic E-state index is 0. The van der Waals surface area contributed by atoms with Gasteiger partial charge < -0.3 is 11.1 Å². The van der Waals surface area contributed by atoms with E-state index < -0.39 is 0 Å². The number of carbonyl (C=O) groups is 1. The van der Waals surface area contributed by atoms with Crippen LogP contribution in [0.1, 0.15) is 28.3 Å². The minimum atomic E-state index is -0.0855. The summed E-state index contributed by atoms with van der Waals surface area (Å²) in [5.41, 5.74) is 8.62. The maximum atomic E-state index is 12.6. The maximum absolute atomic E-state index is 12.6. The molecule has 3 aromatic carbocycles. The highest BCUT2D eigenvalue weighted by molar-refractivity contribution is 6.12. The summed E-state index contributed by atoms with van der Waals surface area (Å²) in [6.07, 6.45) is 1.06. The lowest BCUT2D eigenvalue weighted by Gasteiger charge is -2.09. The molecule has 3 aromatic rings. The molecule has 0 spiro atoms. The summed E-state index contributed by atoms with van der Waals surface area (Å²) < 4.78 is 0. The molecule has 2 unspecified atom stereocenters. The summed E-state index contributed by atoms with van der Waals surface area (Å²) in [5, 5.41) is 5.01. The lowest BCUT2D eigenvalue weighted by atomic mass is 10.0. The fourth-order valence-electron chi connectivity index (χ4n) is 3.03. The fraction of sp³-hybridized carbons (Fsp3) is 0.150. The van der Waals surface area contributed by atoms with Gasteiger partial charge in [0, 0.05) is 23.2 Å². The van der Waals surface area contributed by atoms with Crippen molar-refractivity contribution in [1.82, 2.24) is 0 Å². The number of rotatable bonds is 3. The highest BCUT2D eigenvalue weighted by atomic mass is 35.5. The van der Waals surface area contributed by atoms with E-state index in [-0.39, 0.29) is 18.3 Å². The molecule has 3 N–H and O–H groups in total. The van der Waals surface area contributed by atoms with Crippen molar-refractivity contribution >= 4 is 34.8 Å². The Morgan fingerprint density at radius 2 is 1.62 bits per heavy atom. The van der Waals surface area contributed by atoms with E-state index in [0.717, 1.165) is 22.9 Å². The highest BCUT2D eigenvalue weighted by Crippen LogP contribution is 2.39. The van der Waals surface area contributed by atoms with Crippen LogP contribution in [0.2, 0.25) is 0 Å². The largest absolute Gasteiger partial charge is 0.327 e. The Morgan fingerprint density at radius 1 is 0.958 bits per heavy atom. The van der Waals surface area contributed by atoms with Crippen molar-refractivity contribution < 1.29 is 4.79 Å². The van der Waals surface area contributed by atoms with Gasteiger partial charge in [-0.3, -0.25) is 4.79 Å². The fourth-order valence-corrected chi connectivity index (χ4v) is 3.03. The molecule has 24 heavy (non-hydrogen) atoms. The SMILES string of the molecule is Cl.NC1CC1c1ccc(NC(=O)c2cccc3ccccc23)cc1. The van der Waals surface area contributed by atoms with Gasteiger partial charge >= 0.3 is 0 Å². The third kappa shape index (κ3) is 3.14. The number of carbonyl (C=O) groups excluding carboxylic acids is 1. The van der Waals surface area contributed by atoms with Crippen molar-refractivity contribution in [3.05, 3.63) is 77.9 Å². The van der Waals surface area contributed by atoms with Gasteiger partial charge in [0.2, 0.25) is 0 Å². The van der Waals surface area contributed by atoms with Crippen LogP contribution in [0.4, 0.5) is 5.69 Å². The highest BCUT2D eigenvalue weighted by Gasteiger charge is 2.34. The van der Waals surface area contributed by atoms with Crippen LogP contribution in [0.25, 0.3) is 10.8 Å². The summed E-state index contributed by atoms with van der Waals surface area (Å²) >= 11 is 0. The molecule has 0 saturated heterocycles. The first kappa shape index (κ1) is 16.5. The molecule has 0 bridgehead atoms. The van der Waals surface area contributed by atoms with Crippen LogP contribution in [-0.2, 0) is 0 Å². The molecule has 0 radical (unpaired) electrons. The number of anilines is 1. The van der Waals surface area contributed by atoms with Crippen LogP contribution in [-0.4, -0.2) is 11.9 Å². The molecular formula is C20H19ClN2O. The zero-order valence-electron chi connectivity index (χ0n) is 13.1. The van der Waals surface area contributed by atoms with Gasteiger partial charge in [0.25, 0.3) is 5.91 Å². The Balaban J connectivity index is 0.00000169. The molecule has 3 nitrogen and oxygen atoms in total. The standard InChI is InChI=1S/C20H18N2O.ClH/c21-19-12-18(19)14-8-10-15(11-9-14)22-20(23)17-7-3-5-13-4-1-2-6-16(13)17;/h1-11,18-19H,12,21H2,(H,22,23);1H. The molecule has 2 atom stereocenters. The van der Waals surface area contributed by atoms with Crippen LogP contribution in [0, 0.1) is 0 Å². The normalized spacial score (nSPS) is 18.7. The lowest BCUT2D eigenvalue weighted by molar-refractivity contribution is 0.102. The van der Waals surface area contributed by atoms with Crippen molar-refractivity contribution in [2.45, 2.75) is 18.4 Å². The zero-order valence-corrected chi connectivity index (χ0v) is 13.9. The van der Waals surface area contributed by atoms with Crippen LogP contribution in [0.5, 0.6) is 0 Å². The summed E-state index contributed by atoms with van der Waals surface area (Å²) in [6.45, 7) is 0. The molecule has 4 heteroatoms. The molecule has 1 saturated carbocycles. The number of benzene rings is 3. The van der Waals surface area contributed by atoms with Gasteiger partial charge in [-0.05, 0) is 41.0 Å². The smallest absolute Gasteiger partial charge is 0.256 e. The average molecular weight is 339 g/mol. The molecule has 1 aliphatic carbocycles. The summed E-state index contributed by atoms with van der Waals surface area (Å²) in [6, 6.07) is 22.0. The van der Waals surface area contributed by atoms with Crippen molar-refractivity contribution in [2.24, 2.45) is 5.73 Å². The van der Waals surface area contributed by atoms with Gasteiger partial charge in [0.15, 0.2) is 0 Å². The first-order valence-corrected chi connectivity index (χ1v) is 7.87. The van der Waals surface area contributed by atoms with Gasteiger partial charge in [-0.2, -0.15) is 0 Å². The molecule has 122 valence electrons. The molecule has 1 amide bonds. The van der Waals surface area contributed by atoms with E-state index in [4.69, 9.17) is 5.73 Å². The summed E-state index contributed by atoms with van der Waals surface area (Å²) in [7, 11) is 0. The van der Waals surface area contributed by atoms with Crippen LogP contribution >= 0.6 is 12.4 Å². The van der Waals surface area contributed by atoms with Crippen LogP contribution in [0.3, 0.4) is 0 Å².